The Morgan fingerprint density at radius 1 is 1.03 bits per heavy atom. The van der Waals surface area contributed by atoms with Crippen LogP contribution in [-0.2, 0) is 22.5 Å². The van der Waals surface area contributed by atoms with Crippen LogP contribution in [0.3, 0.4) is 0 Å². The monoisotopic (exact) mass is 500 g/mol. The van der Waals surface area contributed by atoms with Crippen molar-refractivity contribution >= 4 is 23.7 Å². The topological polar surface area (TPSA) is 111 Å². The van der Waals surface area contributed by atoms with Gasteiger partial charge >= 0.3 is 12.1 Å². The standard InChI is InChI=1S/C26H33FN4O5/c1-26(2,3)36-25(35)31-13-12-30(16-22(31)17-32)23(33)14-18-6-10-21(11-7-18)29-24(34)28-15-19-4-8-20(27)9-5-19/h4-11,22,32H,12-17H2,1-3H3,(H2,28,29,34). The first-order chi connectivity index (χ1) is 17.0. The molecule has 1 heterocycles. The number of carbonyl (C=O) groups excluding carboxylic acids is 3. The third-order valence-corrected chi connectivity index (χ3v) is 5.61. The Balaban J connectivity index is 1.48. The second-order valence-electron chi connectivity index (χ2n) is 9.66. The van der Waals surface area contributed by atoms with Gasteiger partial charge in [-0.25, -0.2) is 14.0 Å². The predicted molar refractivity (Wildman–Crippen MR) is 133 cm³/mol. The zero-order chi connectivity index (χ0) is 26.3. The van der Waals surface area contributed by atoms with E-state index in [1.54, 1.807) is 62.1 Å². The van der Waals surface area contributed by atoms with Crippen molar-refractivity contribution < 1.29 is 28.6 Å². The van der Waals surface area contributed by atoms with E-state index >= 15 is 0 Å². The first kappa shape index (κ1) is 26.9. The minimum atomic E-state index is -0.645. The number of amides is 4. The van der Waals surface area contributed by atoms with Gasteiger partial charge in [0.2, 0.25) is 5.91 Å². The van der Waals surface area contributed by atoms with Crippen LogP contribution in [0, 0.1) is 5.82 Å². The van der Waals surface area contributed by atoms with Crippen LogP contribution in [0.25, 0.3) is 0 Å². The molecule has 36 heavy (non-hydrogen) atoms. The highest BCUT2D eigenvalue weighted by Gasteiger charge is 2.34. The van der Waals surface area contributed by atoms with Gasteiger partial charge in [0.25, 0.3) is 0 Å². The van der Waals surface area contributed by atoms with Crippen molar-refractivity contribution in [3.63, 3.8) is 0 Å². The van der Waals surface area contributed by atoms with E-state index in [0.29, 0.717) is 12.2 Å². The molecular formula is C26H33FN4O5. The molecule has 1 aliphatic heterocycles. The van der Waals surface area contributed by atoms with Gasteiger partial charge in [0.05, 0.1) is 19.1 Å². The summed E-state index contributed by atoms with van der Waals surface area (Å²) in [5, 5.41) is 15.2. The number of nitrogens with one attached hydrogen (secondary N) is 2. The molecule has 1 atom stereocenters. The number of ether oxygens (including phenoxy) is 1. The van der Waals surface area contributed by atoms with Crippen LogP contribution in [0.1, 0.15) is 31.9 Å². The summed E-state index contributed by atoms with van der Waals surface area (Å²) in [7, 11) is 0. The van der Waals surface area contributed by atoms with Gasteiger partial charge in [-0.3, -0.25) is 9.69 Å². The molecule has 3 rings (SSSR count). The van der Waals surface area contributed by atoms with Gasteiger partial charge in [0.15, 0.2) is 0 Å². The van der Waals surface area contributed by atoms with Gasteiger partial charge in [0.1, 0.15) is 11.4 Å². The molecule has 4 amide bonds. The molecular weight excluding hydrogens is 467 g/mol. The maximum absolute atomic E-state index is 13.0. The van der Waals surface area contributed by atoms with Crippen molar-refractivity contribution in [2.45, 2.75) is 45.4 Å². The Kier molecular flexibility index (Phi) is 8.87. The Labute approximate surface area is 210 Å². The van der Waals surface area contributed by atoms with Crippen LogP contribution in [0.15, 0.2) is 48.5 Å². The number of halogens is 1. The fourth-order valence-electron chi connectivity index (χ4n) is 3.75. The number of nitrogens with zero attached hydrogens (tertiary/aromatic N) is 2. The van der Waals surface area contributed by atoms with Crippen LogP contribution in [-0.4, -0.2) is 70.8 Å². The highest BCUT2D eigenvalue weighted by Crippen LogP contribution is 2.17. The van der Waals surface area contributed by atoms with Crippen molar-refractivity contribution in [2.75, 3.05) is 31.6 Å². The van der Waals surface area contributed by atoms with Crippen molar-refractivity contribution in [1.29, 1.82) is 0 Å². The van der Waals surface area contributed by atoms with Crippen LogP contribution < -0.4 is 10.6 Å². The quantitative estimate of drug-likeness (QED) is 0.564. The van der Waals surface area contributed by atoms with Crippen LogP contribution in [0.2, 0.25) is 0 Å². The summed E-state index contributed by atoms with van der Waals surface area (Å²) < 4.78 is 18.4. The van der Waals surface area contributed by atoms with Gasteiger partial charge in [-0.15, -0.1) is 0 Å². The number of hydrogen-bond donors (Lipinski definition) is 3. The smallest absolute Gasteiger partial charge is 0.410 e. The second-order valence-corrected chi connectivity index (χ2v) is 9.66. The number of benzene rings is 2. The van der Waals surface area contributed by atoms with Gasteiger partial charge in [-0.05, 0) is 56.2 Å². The zero-order valence-corrected chi connectivity index (χ0v) is 20.8. The van der Waals surface area contributed by atoms with E-state index in [1.807, 2.05) is 0 Å². The lowest BCUT2D eigenvalue weighted by Gasteiger charge is -2.41. The molecule has 1 saturated heterocycles. The van der Waals surface area contributed by atoms with E-state index in [1.165, 1.54) is 17.0 Å². The van der Waals surface area contributed by atoms with E-state index < -0.39 is 23.8 Å². The molecule has 3 N–H and O–H groups in total. The molecule has 2 aromatic rings. The fourth-order valence-corrected chi connectivity index (χ4v) is 3.75. The highest BCUT2D eigenvalue weighted by molar-refractivity contribution is 5.89. The molecule has 0 saturated carbocycles. The summed E-state index contributed by atoms with van der Waals surface area (Å²) in [6, 6.07) is 11.9. The zero-order valence-electron chi connectivity index (χ0n) is 20.8. The molecule has 0 aromatic heterocycles. The summed E-state index contributed by atoms with van der Waals surface area (Å²) in [6.07, 6.45) is -0.347. The average Bonchev–Trinajstić information content (AvgIpc) is 2.83. The Morgan fingerprint density at radius 3 is 2.28 bits per heavy atom. The summed E-state index contributed by atoms with van der Waals surface area (Å²) in [6.45, 7) is 6.17. The van der Waals surface area contributed by atoms with Crippen LogP contribution >= 0.6 is 0 Å². The third-order valence-electron chi connectivity index (χ3n) is 5.61. The first-order valence-electron chi connectivity index (χ1n) is 11.8. The minimum absolute atomic E-state index is 0.116. The number of piperazine rings is 1. The molecule has 2 aromatic carbocycles. The van der Waals surface area contributed by atoms with Gasteiger partial charge in [-0.2, -0.15) is 0 Å². The van der Waals surface area contributed by atoms with E-state index in [2.05, 4.69) is 10.6 Å². The summed E-state index contributed by atoms with van der Waals surface area (Å²) >= 11 is 0. The Hall–Kier alpha value is -3.66. The highest BCUT2D eigenvalue weighted by atomic mass is 19.1. The number of aliphatic hydroxyl groups excluding tert-OH is 1. The molecule has 1 fully saturated rings. The minimum Gasteiger partial charge on any atom is -0.444 e. The molecule has 1 unspecified atom stereocenters. The third kappa shape index (κ3) is 7.94. The fraction of sp³-hybridized carbons (Fsp3) is 0.423. The summed E-state index contributed by atoms with van der Waals surface area (Å²) in [4.78, 5) is 40.5. The summed E-state index contributed by atoms with van der Waals surface area (Å²) in [5.41, 5.74) is 1.46. The maximum Gasteiger partial charge on any atom is 0.410 e. The lowest BCUT2D eigenvalue weighted by Crippen LogP contribution is -2.58. The molecule has 0 spiro atoms. The van der Waals surface area contributed by atoms with Crippen molar-refractivity contribution in [2.24, 2.45) is 0 Å². The summed E-state index contributed by atoms with van der Waals surface area (Å²) in [5.74, 6) is -0.451. The molecule has 10 heteroatoms. The lowest BCUT2D eigenvalue weighted by atomic mass is 10.1. The number of aliphatic hydroxyl groups is 1. The number of urea groups is 1. The number of hydrogen-bond acceptors (Lipinski definition) is 5. The number of carbonyl (C=O) groups is 3. The molecule has 0 aliphatic carbocycles. The SMILES string of the molecule is CC(C)(C)OC(=O)N1CCN(C(=O)Cc2ccc(NC(=O)NCc3ccc(F)cc3)cc2)CC1CO. The molecule has 194 valence electrons. The van der Waals surface area contributed by atoms with Crippen molar-refractivity contribution in [1.82, 2.24) is 15.1 Å². The first-order valence-corrected chi connectivity index (χ1v) is 11.8. The van der Waals surface area contributed by atoms with Gasteiger partial charge < -0.3 is 25.4 Å². The van der Waals surface area contributed by atoms with Crippen molar-refractivity contribution in [3.05, 3.63) is 65.5 Å². The van der Waals surface area contributed by atoms with Crippen LogP contribution in [0.5, 0.6) is 0 Å². The molecule has 9 nitrogen and oxygen atoms in total. The number of rotatable bonds is 6. The molecule has 1 aliphatic rings. The Bertz CT molecular complexity index is 1050. The van der Waals surface area contributed by atoms with Crippen molar-refractivity contribution in [3.8, 4) is 0 Å². The molecule has 0 radical (unpaired) electrons. The maximum atomic E-state index is 13.0. The van der Waals surface area contributed by atoms with E-state index in [0.717, 1.165) is 11.1 Å². The largest absolute Gasteiger partial charge is 0.444 e. The van der Waals surface area contributed by atoms with E-state index in [9.17, 15) is 23.9 Å². The van der Waals surface area contributed by atoms with E-state index in [4.69, 9.17) is 4.74 Å². The number of anilines is 1. The van der Waals surface area contributed by atoms with E-state index in [-0.39, 0.29) is 44.4 Å². The molecule has 0 bridgehead atoms. The lowest BCUT2D eigenvalue weighted by molar-refractivity contribution is -0.134. The Morgan fingerprint density at radius 2 is 1.67 bits per heavy atom. The second kappa shape index (κ2) is 11.9. The average molecular weight is 501 g/mol. The van der Waals surface area contributed by atoms with Gasteiger partial charge in [-0.1, -0.05) is 24.3 Å². The van der Waals surface area contributed by atoms with Crippen LogP contribution in [0.4, 0.5) is 19.7 Å². The predicted octanol–water partition coefficient (Wildman–Crippen LogP) is 3.13. The normalized spacial score (nSPS) is 15.9. The van der Waals surface area contributed by atoms with Gasteiger partial charge in [0, 0.05) is 31.9 Å².